The molecule has 124 valence electrons. The Balaban J connectivity index is 2.80. The monoisotopic (exact) mass is 338 g/mol. The van der Waals surface area contributed by atoms with Crippen molar-refractivity contribution in [2.75, 3.05) is 30.9 Å². The van der Waals surface area contributed by atoms with Crippen molar-refractivity contribution in [3.63, 3.8) is 0 Å². The summed E-state index contributed by atoms with van der Waals surface area (Å²) in [6, 6.07) is -0.581. The van der Waals surface area contributed by atoms with Gasteiger partial charge in [0.05, 0.1) is 12.4 Å². The molecule has 1 rings (SSSR count). The van der Waals surface area contributed by atoms with E-state index in [4.69, 9.17) is 5.11 Å². The number of thioether (sulfide) groups is 1. The highest BCUT2D eigenvalue weighted by Gasteiger charge is 2.33. The molecule has 0 aromatic rings. The molecule has 0 spiro atoms. The van der Waals surface area contributed by atoms with Gasteiger partial charge in [-0.25, -0.2) is 13.1 Å². The Morgan fingerprint density at radius 2 is 2.14 bits per heavy atom. The first-order chi connectivity index (χ1) is 9.95. The fourth-order valence-corrected chi connectivity index (χ4v) is 3.54. The molecule has 1 atom stereocenters. The molecule has 1 aliphatic carbocycles. The summed E-state index contributed by atoms with van der Waals surface area (Å²) < 4.78 is 26.1. The van der Waals surface area contributed by atoms with Crippen LogP contribution in [0.4, 0.5) is 0 Å². The molecule has 21 heavy (non-hydrogen) atoms. The highest BCUT2D eigenvalue weighted by atomic mass is 32.2. The normalized spacial score (nSPS) is 17.3. The van der Waals surface area contributed by atoms with Crippen molar-refractivity contribution in [3.05, 3.63) is 0 Å². The van der Waals surface area contributed by atoms with Crippen LogP contribution in [0.2, 0.25) is 0 Å². The lowest BCUT2D eigenvalue weighted by Crippen LogP contribution is -2.54. The smallest absolute Gasteiger partial charge is 0.241 e. The molecule has 6 nitrogen and oxygen atoms in total. The minimum atomic E-state index is -3.43. The minimum Gasteiger partial charge on any atom is -0.395 e. The summed E-state index contributed by atoms with van der Waals surface area (Å²) in [4.78, 5) is 14.3. The Morgan fingerprint density at radius 3 is 2.57 bits per heavy atom. The van der Waals surface area contributed by atoms with Crippen molar-refractivity contribution in [3.8, 4) is 0 Å². The van der Waals surface area contributed by atoms with Gasteiger partial charge in [-0.3, -0.25) is 4.79 Å². The van der Waals surface area contributed by atoms with Crippen LogP contribution in [0.1, 0.15) is 32.6 Å². The molecule has 2 N–H and O–H groups in total. The third kappa shape index (κ3) is 5.77. The molecule has 0 aromatic heterocycles. The topological polar surface area (TPSA) is 86.7 Å². The largest absolute Gasteiger partial charge is 0.395 e. The number of hydrogen-bond acceptors (Lipinski definition) is 5. The Hall–Kier alpha value is -0.310. The Labute approximate surface area is 131 Å². The number of carbonyl (C=O) groups is 1. The predicted molar refractivity (Wildman–Crippen MR) is 85.8 cm³/mol. The van der Waals surface area contributed by atoms with E-state index in [0.29, 0.717) is 12.2 Å². The van der Waals surface area contributed by atoms with Gasteiger partial charge < -0.3 is 10.0 Å². The van der Waals surface area contributed by atoms with E-state index in [2.05, 4.69) is 4.72 Å². The molecule has 1 amide bonds. The number of aliphatic hydroxyl groups is 1. The first-order valence-corrected chi connectivity index (χ1v) is 10.4. The van der Waals surface area contributed by atoms with E-state index >= 15 is 0 Å². The van der Waals surface area contributed by atoms with Crippen LogP contribution < -0.4 is 4.72 Å². The van der Waals surface area contributed by atoms with Crippen LogP contribution in [0, 0.1) is 0 Å². The lowest BCUT2D eigenvalue weighted by Gasteiger charge is -2.39. The van der Waals surface area contributed by atoms with Gasteiger partial charge in [0, 0.05) is 12.6 Å². The van der Waals surface area contributed by atoms with E-state index in [-0.39, 0.29) is 30.9 Å². The quantitative estimate of drug-likeness (QED) is 0.603. The summed E-state index contributed by atoms with van der Waals surface area (Å²) in [5.74, 6) is 0.458. The molecule has 1 fully saturated rings. The van der Waals surface area contributed by atoms with E-state index in [1.54, 1.807) is 23.6 Å². The van der Waals surface area contributed by atoms with Crippen LogP contribution >= 0.6 is 11.8 Å². The average Bonchev–Trinajstić information content (AvgIpc) is 2.40. The maximum Gasteiger partial charge on any atom is 0.241 e. The van der Waals surface area contributed by atoms with Crippen molar-refractivity contribution in [2.45, 2.75) is 44.7 Å². The van der Waals surface area contributed by atoms with Crippen molar-refractivity contribution in [1.82, 2.24) is 9.62 Å². The molecule has 0 bridgehead atoms. The summed E-state index contributed by atoms with van der Waals surface area (Å²) in [5.41, 5.74) is 0. The third-order valence-electron chi connectivity index (χ3n) is 3.75. The van der Waals surface area contributed by atoms with Crippen LogP contribution in [-0.4, -0.2) is 67.3 Å². The van der Waals surface area contributed by atoms with Crippen molar-refractivity contribution in [1.29, 1.82) is 0 Å². The number of aliphatic hydroxyl groups excluding tert-OH is 1. The fraction of sp³-hybridized carbons (Fsp3) is 0.923. The second kappa shape index (κ2) is 8.97. The molecule has 0 radical (unpaired) electrons. The molecule has 1 aliphatic rings. The highest BCUT2D eigenvalue weighted by molar-refractivity contribution is 7.98. The molecule has 0 heterocycles. The van der Waals surface area contributed by atoms with E-state index in [1.807, 2.05) is 6.26 Å². The van der Waals surface area contributed by atoms with Gasteiger partial charge in [0.1, 0.15) is 6.04 Å². The Morgan fingerprint density at radius 1 is 1.48 bits per heavy atom. The second-order valence-corrected chi connectivity index (χ2v) is 8.22. The van der Waals surface area contributed by atoms with Gasteiger partial charge in [0.15, 0.2) is 0 Å². The lowest BCUT2D eigenvalue weighted by atomic mass is 9.91. The SMILES string of the molecule is CCS(=O)(=O)NC(CCSC)C(=O)N(CCO)C1CCC1. The number of nitrogens with zero attached hydrogens (tertiary/aromatic N) is 1. The van der Waals surface area contributed by atoms with Crippen LogP contribution in [0.25, 0.3) is 0 Å². The lowest BCUT2D eigenvalue weighted by molar-refractivity contribution is -0.137. The molecular weight excluding hydrogens is 312 g/mol. The Kier molecular flexibility index (Phi) is 8.00. The number of nitrogens with one attached hydrogen (secondary N) is 1. The summed E-state index contributed by atoms with van der Waals surface area (Å²) in [7, 11) is -3.43. The maximum absolute atomic E-state index is 12.6. The summed E-state index contributed by atoms with van der Waals surface area (Å²) >= 11 is 1.58. The first-order valence-electron chi connectivity index (χ1n) is 7.35. The molecule has 8 heteroatoms. The van der Waals surface area contributed by atoms with Gasteiger partial charge in [-0.2, -0.15) is 11.8 Å². The summed E-state index contributed by atoms with van der Waals surface area (Å²) in [6.07, 6.45) is 5.33. The zero-order valence-electron chi connectivity index (χ0n) is 12.7. The number of carbonyl (C=O) groups excluding carboxylic acids is 1. The van der Waals surface area contributed by atoms with E-state index in [0.717, 1.165) is 19.3 Å². The van der Waals surface area contributed by atoms with Crippen molar-refractivity contribution in [2.24, 2.45) is 0 Å². The molecule has 0 saturated heterocycles. The maximum atomic E-state index is 12.6. The molecular formula is C13H26N2O4S2. The van der Waals surface area contributed by atoms with E-state index in [1.165, 1.54) is 0 Å². The summed E-state index contributed by atoms with van der Waals surface area (Å²) in [5, 5.41) is 9.15. The van der Waals surface area contributed by atoms with Gasteiger partial charge in [0.25, 0.3) is 0 Å². The van der Waals surface area contributed by atoms with E-state index < -0.39 is 16.1 Å². The van der Waals surface area contributed by atoms with Crippen LogP contribution in [0.15, 0.2) is 0 Å². The summed E-state index contributed by atoms with van der Waals surface area (Å²) in [6.45, 7) is 1.72. The molecule has 1 unspecified atom stereocenters. The fourth-order valence-electron chi connectivity index (χ4n) is 2.25. The molecule has 1 saturated carbocycles. The highest BCUT2D eigenvalue weighted by Crippen LogP contribution is 2.25. The minimum absolute atomic E-state index is 0.0422. The molecule has 0 aromatic carbocycles. The number of amides is 1. The number of hydrogen-bond donors (Lipinski definition) is 2. The van der Waals surface area contributed by atoms with Crippen LogP contribution in [0.3, 0.4) is 0 Å². The third-order valence-corrected chi connectivity index (χ3v) is 5.80. The zero-order chi connectivity index (χ0) is 15.9. The second-order valence-electron chi connectivity index (χ2n) is 5.20. The number of sulfonamides is 1. The standard InChI is InChI=1S/C13H26N2O4S2/c1-3-21(18,19)14-12(7-10-20-2)13(17)15(8-9-16)11-5-4-6-11/h11-12,14,16H,3-10H2,1-2H3. The van der Waals surface area contributed by atoms with Gasteiger partial charge in [-0.15, -0.1) is 0 Å². The Bertz CT molecular complexity index is 424. The van der Waals surface area contributed by atoms with Gasteiger partial charge in [-0.1, -0.05) is 0 Å². The molecule has 0 aliphatic heterocycles. The number of rotatable bonds is 10. The van der Waals surface area contributed by atoms with Crippen molar-refractivity contribution >= 4 is 27.7 Å². The first kappa shape index (κ1) is 18.7. The average molecular weight is 338 g/mol. The van der Waals surface area contributed by atoms with Gasteiger partial charge in [-0.05, 0) is 44.6 Å². The zero-order valence-corrected chi connectivity index (χ0v) is 14.4. The van der Waals surface area contributed by atoms with Crippen molar-refractivity contribution < 1.29 is 18.3 Å². The predicted octanol–water partition coefficient (Wildman–Crippen LogP) is 0.421. The van der Waals surface area contributed by atoms with Gasteiger partial charge >= 0.3 is 0 Å². The van der Waals surface area contributed by atoms with E-state index in [9.17, 15) is 13.2 Å². The van der Waals surface area contributed by atoms with Crippen LogP contribution in [-0.2, 0) is 14.8 Å². The van der Waals surface area contributed by atoms with Crippen LogP contribution in [0.5, 0.6) is 0 Å². The van der Waals surface area contributed by atoms with Gasteiger partial charge in [0.2, 0.25) is 15.9 Å².